The Morgan fingerprint density at radius 3 is 0.648 bits per heavy atom. The molecule has 0 saturated heterocycles. The van der Waals surface area contributed by atoms with Crippen LogP contribution in [0.25, 0.3) is 0 Å². The Morgan fingerprint density at radius 2 is 0.454 bits per heavy atom. The molecule has 0 bridgehead atoms. The standard InChI is InChI=1S/C32H38BrO4S.C30H34BrO4S.C28H30BrO4S/c1-22(33)29(34)36-20-21-37-30(35)23-8-14-26(15-9-23)38(27-16-10-24(11-17-27)31(2,3)4)28-18-12-25(13-19-28)32(5,6)7;1-20(2)23-6-12-26(13-7-23)36(27-14-8-24(9-15-27)21(3)4)28-16-10-25(11-17-28)30(33)35-19-18-34-29(32)22(5)31;1-20(29)26(30)32-18-19-33-27(31)21-10-14-24(15-11-21)34(23-8-6-5-7-9-23)25-16-12-22(13-17-25)28(2,3)4/h8-19,22H,20-21H2,1-7H3;6-17,20-22H,18-19H2,1-5H3;5-17,20H,18-19H2,1-4H3/q3*+1. The Hall–Kier alpha value is -7.71. The van der Waals surface area contributed by atoms with Crippen molar-refractivity contribution in [2.45, 2.75) is 197 Å². The van der Waals surface area contributed by atoms with Crippen molar-refractivity contribution in [1.82, 2.24) is 0 Å². The van der Waals surface area contributed by atoms with Crippen LogP contribution in [0.15, 0.2) is 269 Å². The molecule has 0 spiro atoms. The Kier molecular flexibility index (Phi) is 33.5. The molecule has 0 amide bonds. The number of halogens is 3. The fourth-order valence-electron chi connectivity index (χ4n) is 10.6. The lowest BCUT2D eigenvalue weighted by Gasteiger charge is -2.20. The first-order chi connectivity index (χ1) is 51.1. The molecule has 0 heterocycles. The molecule has 4 atom stereocenters. The zero-order chi connectivity index (χ0) is 79.0. The molecule has 9 aromatic carbocycles. The highest BCUT2D eigenvalue weighted by atomic mass is 79.9. The molecule has 4 unspecified atom stereocenters. The SMILES string of the molecule is CC(Br)C(=O)OCCOC(=O)c1ccc([S+](c2ccc(C(C)(C)C)cc2)c2ccc(C(C)(C)C)cc2)cc1.CC(Br)C(=O)OCCOC(=O)c1ccc([S+](c2ccc(C(C)C)cc2)c2ccc(C(C)C)cc2)cc1.CC(Br)C(=O)OCCOC(=O)c1ccc([S+](c2ccccc2)c2ccc(C(C)(C)C)cc2)cc1. The van der Waals surface area contributed by atoms with Crippen LogP contribution >= 0.6 is 47.8 Å². The van der Waals surface area contributed by atoms with Gasteiger partial charge in [-0.1, -0.05) is 217 Å². The van der Waals surface area contributed by atoms with Gasteiger partial charge in [0.15, 0.2) is 44.1 Å². The number of carbonyl (C=O) groups is 6. The molecule has 0 N–H and O–H groups in total. The number of carbonyl (C=O) groups excluding carboxylic acids is 6. The largest absolute Gasteiger partial charge is 0.461 e. The van der Waals surface area contributed by atoms with E-state index >= 15 is 0 Å². The van der Waals surface area contributed by atoms with E-state index in [1.807, 2.05) is 54.6 Å². The quantitative estimate of drug-likeness (QED) is 0.0166. The van der Waals surface area contributed by atoms with Crippen LogP contribution in [0.5, 0.6) is 0 Å². The minimum absolute atomic E-state index is 0.0106. The number of esters is 6. The smallest absolute Gasteiger partial charge is 0.338 e. The molecule has 0 aliphatic carbocycles. The highest BCUT2D eigenvalue weighted by molar-refractivity contribution is 9.10. The molecular formula is C90H102Br3O12S3+3. The molecule has 0 aromatic heterocycles. The lowest BCUT2D eigenvalue weighted by molar-refractivity contribution is -0.144. The summed E-state index contributed by atoms with van der Waals surface area (Å²) in [6.07, 6.45) is 0. The molecule has 0 saturated carbocycles. The highest BCUT2D eigenvalue weighted by Gasteiger charge is 2.34. The van der Waals surface area contributed by atoms with Gasteiger partial charge in [0.05, 0.1) is 49.4 Å². The second kappa shape index (κ2) is 41.4. The molecule has 108 heavy (non-hydrogen) atoms. The number of hydrogen-bond donors (Lipinski definition) is 0. The van der Waals surface area contributed by atoms with Crippen LogP contribution in [-0.4, -0.2) is 89.9 Å². The van der Waals surface area contributed by atoms with Crippen molar-refractivity contribution in [2.24, 2.45) is 0 Å². The Bertz CT molecular complexity index is 4230. The summed E-state index contributed by atoms with van der Waals surface area (Å²) in [5.74, 6) is -1.53. The Balaban J connectivity index is 0.000000226. The van der Waals surface area contributed by atoms with Crippen LogP contribution in [0.1, 0.15) is 182 Å². The van der Waals surface area contributed by atoms with Crippen LogP contribution in [0, 0.1) is 0 Å². The third kappa shape index (κ3) is 26.5. The monoisotopic (exact) mass is 1710 g/mol. The molecule has 9 aromatic rings. The molecule has 0 radical (unpaired) electrons. The van der Waals surface area contributed by atoms with Gasteiger partial charge in [0, 0.05) is 0 Å². The van der Waals surface area contributed by atoms with Crippen molar-refractivity contribution < 1.29 is 57.2 Å². The summed E-state index contributed by atoms with van der Waals surface area (Å²) in [4.78, 5) is 81.4. The number of ether oxygens (including phenoxy) is 6. The predicted molar refractivity (Wildman–Crippen MR) is 448 cm³/mol. The van der Waals surface area contributed by atoms with Gasteiger partial charge in [0.2, 0.25) is 0 Å². The van der Waals surface area contributed by atoms with Gasteiger partial charge in [-0.25, -0.2) is 14.4 Å². The molecule has 570 valence electrons. The van der Waals surface area contributed by atoms with E-state index in [0.717, 1.165) is 14.7 Å². The van der Waals surface area contributed by atoms with Gasteiger partial charge in [-0.2, -0.15) is 0 Å². The summed E-state index contributed by atoms with van der Waals surface area (Å²) < 4.78 is 30.9. The fourth-order valence-corrected chi connectivity index (χ4v) is 17.2. The van der Waals surface area contributed by atoms with E-state index < -0.39 is 27.6 Å². The molecule has 0 aliphatic rings. The van der Waals surface area contributed by atoms with Gasteiger partial charge in [-0.15, -0.1) is 0 Å². The topological polar surface area (TPSA) is 158 Å². The van der Waals surface area contributed by atoms with Crippen LogP contribution in [0.2, 0.25) is 0 Å². The van der Waals surface area contributed by atoms with Crippen molar-refractivity contribution >= 4 is 116 Å². The Labute approximate surface area is 674 Å². The van der Waals surface area contributed by atoms with Gasteiger partial charge < -0.3 is 28.4 Å². The normalized spacial score (nSPS) is 12.7. The average Bonchev–Trinajstić information content (AvgIpc) is 0.808. The predicted octanol–water partition coefficient (Wildman–Crippen LogP) is 21.9. The van der Waals surface area contributed by atoms with E-state index in [0.29, 0.717) is 28.5 Å². The highest BCUT2D eigenvalue weighted by Crippen LogP contribution is 2.38. The van der Waals surface area contributed by atoms with E-state index in [1.54, 1.807) is 57.2 Å². The second-order valence-corrected chi connectivity index (χ2v) is 39.5. The summed E-state index contributed by atoms with van der Waals surface area (Å²) in [5.41, 5.74) is 8.15. The van der Waals surface area contributed by atoms with E-state index in [9.17, 15) is 28.8 Å². The van der Waals surface area contributed by atoms with Crippen molar-refractivity contribution in [3.8, 4) is 0 Å². The van der Waals surface area contributed by atoms with Crippen molar-refractivity contribution in [2.75, 3.05) is 39.6 Å². The first-order valence-corrected chi connectivity index (χ1v) is 42.6. The molecular weight excluding hydrogens is 1610 g/mol. The van der Waals surface area contributed by atoms with Crippen molar-refractivity contribution in [3.63, 3.8) is 0 Å². The third-order valence-electron chi connectivity index (χ3n) is 17.0. The first kappa shape index (κ1) is 87.5. The van der Waals surface area contributed by atoms with Gasteiger partial charge in [0.1, 0.15) is 54.1 Å². The maximum Gasteiger partial charge on any atom is 0.338 e. The number of alkyl halides is 3. The minimum atomic E-state index is -0.441. The van der Waals surface area contributed by atoms with Crippen LogP contribution < -0.4 is 0 Å². The molecule has 9 rings (SSSR count). The second-order valence-electron chi connectivity index (χ2n) is 29.3. The number of benzene rings is 9. The van der Waals surface area contributed by atoms with E-state index in [2.05, 4.69) is 271 Å². The van der Waals surface area contributed by atoms with Crippen molar-refractivity contribution in [1.29, 1.82) is 0 Å². The number of rotatable bonds is 26. The molecule has 12 nitrogen and oxygen atoms in total. The summed E-state index contributed by atoms with van der Waals surface area (Å²) in [7, 11) is -0.949. The lowest BCUT2D eigenvalue weighted by Crippen LogP contribution is -2.18. The fraction of sp³-hybridized carbons (Fsp3) is 0.333. The average molecular weight is 1710 g/mol. The van der Waals surface area contributed by atoms with Crippen molar-refractivity contribution in [3.05, 3.63) is 269 Å². The van der Waals surface area contributed by atoms with E-state index in [1.165, 1.54) is 57.2 Å². The van der Waals surface area contributed by atoms with E-state index in [-0.39, 0.29) is 111 Å². The summed E-state index contributed by atoms with van der Waals surface area (Å²) in [6, 6.07) is 77.4. The van der Waals surface area contributed by atoms with Crippen LogP contribution in [0.3, 0.4) is 0 Å². The molecule has 18 heteroatoms. The first-order valence-electron chi connectivity index (χ1n) is 36.1. The summed E-state index contributed by atoms with van der Waals surface area (Å²) >= 11 is 9.44. The maximum absolute atomic E-state index is 12.5. The number of hydrogen-bond acceptors (Lipinski definition) is 12. The van der Waals surface area contributed by atoms with Gasteiger partial charge in [-0.05, 0) is 222 Å². The van der Waals surface area contributed by atoms with Crippen LogP contribution in [0.4, 0.5) is 0 Å². The maximum atomic E-state index is 12.5. The minimum Gasteiger partial charge on any atom is -0.461 e. The van der Waals surface area contributed by atoms with Gasteiger partial charge in [0.25, 0.3) is 0 Å². The molecule has 0 fully saturated rings. The molecule has 0 aliphatic heterocycles. The van der Waals surface area contributed by atoms with Gasteiger partial charge >= 0.3 is 35.8 Å². The van der Waals surface area contributed by atoms with E-state index in [4.69, 9.17) is 28.4 Å². The van der Waals surface area contributed by atoms with Crippen LogP contribution in [-0.2, 0) is 91.7 Å². The Morgan fingerprint density at radius 1 is 0.269 bits per heavy atom. The summed E-state index contributed by atoms with van der Waals surface area (Å²) in [5, 5.41) is 0. The third-order valence-corrected chi connectivity index (χ3v) is 24.9. The van der Waals surface area contributed by atoms with Gasteiger partial charge in [-0.3, -0.25) is 14.4 Å². The lowest BCUT2D eigenvalue weighted by atomic mass is 9.87. The summed E-state index contributed by atoms with van der Waals surface area (Å²) in [6.45, 7) is 33.9. The zero-order valence-electron chi connectivity index (χ0n) is 64.7. The zero-order valence-corrected chi connectivity index (χ0v) is 72.0.